The summed E-state index contributed by atoms with van der Waals surface area (Å²) in [5, 5.41) is 9.15. The summed E-state index contributed by atoms with van der Waals surface area (Å²) in [6, 6.07) is 16.9. The Morgan fingerprint density at radius 1 is 0.949 bits per heavy atom. The van der Waals surface area contributed by atoms with Gasteiger partial charge in [-0.15, -0.1) is 0 Å². The van der Waals surface area contributed by atoms with Crippen molar-refractivity contribution in [3.05, 3.63) is 64.7 Å². The Balaban J connectivity index is 1.20. The maximum Gasteiger partial charge on any atom is 0.244 e. The van der Waals surface area contributed by atoms with E-state index in [9.17, 15) is 16.8 Å². The molecule has 11 heteroatoms. The van der Waals surface area contributed by atoms with E-state index in [4.69, 9.17) is 16.9 Å². The van der Waals surface area contributed by atoms with E-state index in [1.54, 1.807) is 8.61 Å². The second kappa shape index (κ2) is 11.5. The lowest BCUT2D eigenvalue weighted by atomic mass is 9.78. The molecule has 0 saturated carbocycles. The van der Waals surface area contributed by atoms with Crippen LogP contribution in [0.4, 0.5) is 0 Å². The summed E-state index contributed by atoms with van der Waals surface area (Å²) < 4.78 is 53.7. The summed E-state index contributed by atoms with van der Waals surface area (Å²) >= 11 is 6.23. The fourth-order valence-corrected chi connectivity index (χ4v) is 9.60. The van der Waals surface area contributed by atoms with Crippen LogP contribution >= 0.6 is 11.6 Å². The average molecular weight is 591 g/mol. The number of hydrogen-bond donors (Lipinski definition) is 0. The van der Waals surface area contributed by atoms with Gasteiger partial charge in [-0.1, -0.05) is 41.9 Å². The minimum absolute atomic E-state index is 0.0626. The number of nitrogens with zero attached hydrogens (tertiary/aromatic N) is 4. The quantitative estimate of drug-likeness (QED) is 0.465. The van der Waals surface area contributed by atoms with Gasteiger partial charge in [-0.2, -0.15) is 9.57 Å². The normalized spacial score (nSPS) is 24.4. The van der Waals surface area contributed by atoms with Gasteiger partial charge in [0.2, 0.25) is 20.0 Å². The van der Waals surface area contributed by atoms with Gasteiger partial charge in [0.1, 0.15) is 4.90 Å². The fraction of sp³-hybridized carbons (Fsp3) is 0.536. The Bertz CT molecular complexity index is 1420. The smallest absolute Gasteiger partial charge is 0.244 e. The van der Waals surface area contributed by atoms with Gasteiger partial charge in [0.25, 0.3) is 0 Å². The number of rotatable bonds is 8. The number of fused-ring (bicyclic) bond motifs is 1. The van der Waals surface area contributed by atoms with E-state index >= 15 is 0 Å². The number of benzene rings is 2. The van der Waals surface area contributed by atoms with E-state index in [1.165, 1.54) is 30.0 Å². The molecule has 0 amide bonds. The van der Waals surface area contributed by atoms with Crippen molar-refractivity contribution >= 4 is 31.6 Å². The molecule has 2 aromatic carbocycles. The maximum atomic E-state index is 13.3. The van der Waals surface area contributed by atoms with Gasteiger partial charge >= 0.3 is 0 Å². The van der Waals surface area contributed by atoms with Crippen LogP contribution in [0.2, 0.25) is 5.02 Å². The first kappa shape index (κ1) is 28.5. The Morgan fingerprint density at radius 3 is 2.15 bits per heavy atom. The highest BCUT2D eigenvalue weighted by atomic mass is 35.5. The van der Waals surface area contributed by atoms with Crippen LogP contribution in [0.15, 0.2) is 53.4 Å². The predicted molar refractivity (Wildman–Crippen MR) is 151 cm³/mol. The second-order valence-corrected chi connectivity index (χ2v) is 15.5. The molecule has 5 rings (SSSR count). The molecule has 0 bridgehead atoms. The van der Waals surface area contributed by atoms with Crippen LogP contribution < -0.4 is 0 Å². The van der Waals surface area contributed by atoms with Gasteiger partial charge in [0, 0.05) is 39.3 Å². The first-order valence-corrected chi connectivity index (χ1v) is 17.1. The third-order valence-electron chi connectivity index (χ3n) is 8.73. The molecule has 0 aliphatic carbocycles. The van der Waals surface area contributed by atoms with E-state index in [0.717, 1.165) is 38.9 Å². The molecular weight excluding hydrogens is 556 g/mol. The molecule has 0 aromatic heterocycles. The molecule has 3 atom stereocenters. The monoisotopic (exact) mass is 590 g/mol. The number of sulfonamides is 2. The summed E-state index contributed by atoms with van der Waals surface area (Å²) in [7, 11) is -6.87. The summed E-state index contributed by atoms with van der Waals surface area (Å²) in [5.74, 6) is 1.37. The van der Waals surface area contributed by atoms with Crippen molar-refractivity contribution in [2.24, 2.45) is 17.8 Å². The Labute approximate surface area is 237 Å². The number of hydrogen-bond acceptors (Lipinski definition) is 6. The third-order valence-corrected chi connectivity index (χ3v) is 12.3. The van der Waals surface area contributed by atoms with Crippen LogP contribution in [0.3, 0.4) is 0 Å². The molecule has 3 fully saturated rings. The first-order valence-electron chi connectivity index (χ1n) is 13.5. The van der Waals surface area contributed by atoms with E-state index in [2.05, 4.69) is 29.2 Å². The average Bonchev–Trinajstić information content (AvgIpc) is 3.49. The zero-order chi connectivity index (χ0) is 27.8. The number of nitriles is 1. The van der Waals surface area contributed by atoms with E-state index in [-0.39, 0.29) is 21.8 Å². The summed E-state index contributed by atoms with van der Waals surface area (Å²) in [4.78, 5) is 2.53. The minimum atomic E-state index is -3.72. The molecule has 0 radical (unpaired) electrons. The predicted octanol–water partition coefficient (Wildman–Crippen LogP) is 3.61. The summed E-state index contributed by atoms with van der Waals surface area (Å²) in [5.41, 5.74) is 1.65. The van der Waals surface area contributed by atoms with Crippen molar-refractivity contribution in [3.63, 3.8) is 0 Å². The highest BCUT2D eigenvalue weighted by Gasteiger charge is 2.44. The van der Waals surface area contributed by atoms with Crippen LogP contribution in [0.25, 0.3) is 0 Å². The van der Waals surface area contributed by atoms with E-state index in [1.807, 2.05) is 12.1 Å². The lowest BCUT2D eigenvalue weighted by Gasteiger charge is -2.36. The van der Waals surface area contributed by atoms with Gasteiger partial charge in [-0.05, 0) is 73.2 Å². The molecule has 3 aliphatic rings. The number of piperidine rings is 1. The maximum absolute atomic E-state index is 13.3. The highest BCUT2D eigenvalue weighted by Crippen LogP contribution is 2.39. The van der Waals surface area contributed by atoms with Gasteiger partial charge in [0.05, 0.1) is 22.9 Å². The van der Waals surface area contributed by atoms with Crippen LogP contribution in [-0.4, -0.2) is 82.4 Å². The molecule has 0 spiro atoms. The van der Waals surface area contributed by atoms with Gasteiger partial charge < -0.3 is 4.90 Å². The molecule has 2 aromatic rings. The van der Waals surface area contributed by atoms with Gasteiger partial charge in [0.15, 0.2) is 0 Å². The van der Waals surface area contributed by atoms with Crippen molar-refractivity contribution in [1.29, 1.82) is 5.26 Å². The van der Waals surface area contributed by atoms with Gasteiger partial charge in [-0.3, -0.25) is 0 Å². The molecule has 210 valence electrons. The van der Waals surface area contributed by atoms with Crippen molar-refractivity contribution in [3.8, 4) is 6.07 Å². The molecular formula is C28H35ClN4O4S2. The Hall–Kier alpha value is -2.00. The molecule has 3 saturated heterocycles. The van der Waals surface area contributed by atoms with Crippen molar-refractivity contribution in [1.82, 2.24) is 13.5 Å². The van der Waals surface area contributed by atoms with Crippen molar-refractivity contribution < 1.29 is 16.8 Å². The molecule has 1 unspecified atom stereocenters. The second-order valence-electron chi connectivity index (χ2n) is 11.2. The zero-order valence-corrected chi connectivity index (χ0v) is 24.5. The van der Waals surface area contributed by atoms with Crippen molar-refractivity contribution in [2.45, 2.75) is 30.1 Å². The molecule has 0 N–H and O–H groups in total. The van der Waals surface area contributed by atoms with Crippen LogP contribution in [0.5, 0.6) is 0 Å². The number of halogens is 1. The van der Waals surface area contributed by atoms with Crippen LogP contribution in [0.1, 0.15) is 36.3 Å². The van der Waals surface area contributed by atoms with Crippen LogP contribution in [0, 0.1) is 29.1 Å². The SMILES string of the molecule is CS(=O)(=O)N1CCC(C(CCN2C[C@@H]3CN(S(=O)(=O)c4ccc(C#N)cc4Cl)C[C@@H]3C2)c2ccccc2)CC1. The minimum Gasteiger partial charge on any atom is -0.303 e. The topological polar surface area (TPSA) is 102 Å². The lowest BCUT2D eigenvalue weighted by molar-refractivity contribution is 0.217. The zero-order valence-electron chi connectivity index (χ0n) is 22.1. The van der Waals surface area contributed by atoms with Crippen LogP contribution in [-0.2, 0) is 20.0 Å². The summed E-state index contributed by atoms with van der Waals surface area (Å²) in [6.07, 6.45) is 4.01. The lowest BCUT2D eigenvalue weighted by Crippen LogP contribution is -2.39. The highest BCUT2D eigenvalue weighted by molar-refractivity contribution is 7.89. The molecule has 3 aliphatic heterocycles. The van der Waals surface area contributed by atoms with Gasteiger partial charge in [-0.25, -0.2) is 21.1 Å². The standard InChI is InChI=1S/C28H35ClN4O4S2/c1-38(34,35)32-13-9-23(10-14-32)26(22-5-3-2-4-6-22)11-12-31-17-24-19-33(20-25(24)18-31)39(36,37)28-8-7-21(16-30)15-27(28)29/h2-8,15,23-26H,9-14,17-20H2,1H3/t24-,25+,26?. The molecule has 39 heavy (non-hydrogen) atoms. The Morgan fingerprint density at radius 2 is 1.59 bits per heavy atom. The number of likely N-dealkylation sites (tertiary alicyclic amines) is 1. The largest absolute Gasteiger partial charge is 0.303 e. The fourth-order valence-electron chi connectivity index (χ4n) is 6.65. The van der Waals surface area contributed by atoms with Crippen molar-refractivity contribution in [2.75, 3.05) is 52.1 Å². The van der Waals surface area contributed by atoms with E-state index in [0.29, 0.717) is 43.6 Å². The molecule has 3 heterocycles. The molecule has 8 nitrogen and oxygen atoms in total. The van der Waals surface area contributed by atoms with E-state index < -0.39 is 20.0 Å². The third kappa shape index (κ3) is 6.19. The first-order chi connectivity index (χ1) is 18.6. The summed E-state index contributed by atoms with van der Waals surface area (Å²) in [6.45, 7) is 4.78. The Kier molecular flexibility index (Phi) is 8.39.